The molecule has 23 heavy (non-hydrogen) atoms. The number of hydrogen-bond donors (Lipinski definition) is 1. The fourth-order valence-electron chi connectivity index (χ4n) is 2.53. The Morgan fingerprint density at radius 1 is 1.26 bits per heavy atom. The number of nitrogens with zero attached hydrogens (tertiary/aromatic N) is 1. The number of aromatic amines is 1. The van der Waals surface area contributed by atoms with E-state index in [-0.39, 0.29) is 17.9 Å². The highest BCUT2D eigenvalue weighted by Crippen LogP contribution is 2.22. The smallest absolute Gasteiger partial charge is 0.298 e. The molecule has 0 radical (unpaired) electrons. The van der Waals surface area contributed by atoms with E-state index >= 15 is 0 Å². The number of aryl methyl sites for hydroxylation is 1. The third-order valence-corrected chi connectivity index (χ3v) is 4.84. The van der Waals surface area contributed by atoms with E-state index in [1.807, 2.05) is 6.07 Å². The first-order chi connectivity index (χ1) is 11.1. The molecule has 0 fully saturated rings. The van der Waals surface area contributed by atoms with Crippen LogP contribution in [0.3, 0.4) is 0 Å². The normalized spacial score (nSPS) is 11.2. The third kappa shape index (κ3) is 3.27. The summed E-state index contributed by atoms with van der Waals surface area (Å²) < 4.78 is 14.4. The molecule has 3 rings (SSSR count). The van der Waals surface area contributed by atoms with Crippen LogP contribution in [-0.4, -0.2) is 9.55 Å². The first-order valence-electron chi connectivity index (χ1n) is 7.58. The molecule has 120 valence electrons. The summed E-state index contributed by atoms with van der Waals surface area (Å²) in [6, 6.07) is 7.78. The molecule has 1 aromatic carbocycles. The Bertz CT molecular complexity index is 955. The fraction of sp³-hybridized carbons (Fsp3) is 0.294. The molecule has 0 aliphatic rings. The second kappa shape index (κ2) is 6.50. The van der Waals surface area contributed by atoms with Gasteiger partial charge in [0.05, 0.1) is 11.9 Å². The Morgan fingerprint density at radius 2 is 2.09 bits per heavy atom. The van der Waals surface area contributed by atoms with Crippen LogP contribution in [0.4, 0.5) is 4.39 Å². The SMILES string of the molecule is CCCCc1cc2c(=O)n(Cc3cccc(F)c3)c(=O)[nH]c2s1. The largest absolute Gasteiger partial charge is 0.329 e. The molecular weight excluding hydrogens is 315 g/mol. The van der Waals surface area contributed by atoms with Gasteiger partial charge >= 0.3 is 5.69 Å². The summed E-state index contributed by atoms with van der Waals surface area (Å²) in [5.41, 5.74) is -0.207. The average Bonchev–Trinajstić information content (AvgIpc) is 2.92. The lowest BCUT2D eigenvalue weighted by Crippen LogP contribution is -2.34. The van der Waals surface area contributed by atoms with Gasteiger partial charge in [-0.1, -0.05) is 25.5 Å². The highest BCUT2D eigenvalue weighted by molar-refractivity contribution is 7.18. The zero-order valence-corrected chi connectivity index (χ0v) is 13.6. The van der Waals surface area contributed by atoms with Gasteiger partial charge in [0, 0.05) is 4.88 Å². The van der Waals surface area contributed by atoms with Crippen LogP contribution in [0, 0.1) is 5.82 Å². The standard InChI is InChI=1S/C17H17FN2O2S/c1-2-3-7-13-9-14-15(23-13)19-17(22)20(16(14)21)10-11-5-4-6-12(18)8-11/h4-6,8-9H,2-3,7,10H2,1H3,(H,19,22). The third-order valence-electron chi connectivity index (χ3n) is 3.73. The molecule has 0 atom stereocenters. The van der Waals surface area contributed by atoms with Crippen molar-refractivity contribution < 1.29 is 4.39 Å². The van der Waals surface area contributed by atoms with Crippen molar-refractivity contribution >= 4 is 21.6 Å². The number of unbranched alkanes of at least 4 members (excludes halogenated alkanes) is 1. The van der Waals surface area contributed by atoms with Crippen LogP contribution in [0.2, 0.25) is 0 Å². The summed E-state index contributed by atoms with van der Waals surface area (Å²) in [6.07, 6.45) is 3.03. The van der Waals surface area contributed by atoms with Gasteiger partial charge in [-0.25, -0.2) is 9.18 Å². The Balaban J connectivity index is 2.03. The van der Waals surface area contributed by atoms with Gasteiger partial charge in [-0.05, 0) is 36.6 Å². The predicted molar refractivity (Wildman–Crippen MR) is 90.8 cm³/mol. The van der Waals surface area contributed by atoms with Crippen molar-refractivity contribution in [1.82, 2.24) is 9.55 Å². The molecular formula is C17H17FN2O2S. The van der Waals surface area contributed by atoms with Crippen LogP contribution >= 0.6 is 11.3 Å². The van der Waals surface area contributed by atoms with Gasteiger partial charge in [0.2, 0.25) is 0 Å². The van der Waals surface area contributed by atoms with Gasteiger partial charge in [0.15, 0.2) is 0 Å². The molecule has 2 aromatic heterocycles. The summed E-state index contributed by atoms with van der Waals surface area (Å²) in [7, 11) is 0. The number of halogens is 1. The number of thiophene rings is 1. The van der Waals surface area contributed by atoms with E-state index in [1.54, 1.807) is 12.1 Å². The maximum absolute atomic E-state index is 13.3. The quantitative estimate of drug-likeness (QED) is 0.779. The Labute approximate surface area is 136 Å². The molecule has 2 heterocycles. The van der Waals surface area contributed by atoms with E-state index in [9.17, 15) is 14.0 Å². The maximum Gasteiger partial charge on any atom is 0.329 e. The van der Waals surface area contributed by atoms with Crippen LogP contribution < -0.4 is 11.2 Å². The predicted octanol–water partition coefficient (Wildman–Crippen LogP) is 3.28. The van der Waals surface area contributed by atoms with Crippen LogP contribution in [0.15, 0.2) is 39.9 Å². The Morgan fingerprint density at radius 3 is 2.83 bits per heavy atom. The highest BCUT2D eigenvalue weighted by atomic mass is 32.1. The lowest BCUT2D eigenvalue weighted by atomic mass is 10.2. The topological polar surface area (TPSA) is 54.9 Å². The van der Waals surface area contributed by atoms with E-state index in [1.165, 1.54) is 23.5 Å². The summed E-state index contributed by atoms with van der Waals surface area (Å²) in [5, 5.41) is 0.525. The van der Waals surface area contributed by atoms with Crippen molar-refractivity contribution in [2.45, 2.75) is 32.7 Å². The fourth-order valence-corrected chi connectivity index (χ4v) is 3.61. The molecule has 0 aliphatic carbocycles. The molecule has 0 bridgehead atoms. The number of fused-ring (bicyclic) bond motifs is 1. The van der Waals surface area contributed by atoms with Crippen molar-refractivity contribution in [3.63, 3.8) is 0 Å². The lowest BCUT2D eigenvalue weighted by molar-refractivity contribution is 0.621. The minimum atomic E-state index is -0.462. The lowest BCUT2D eigenvalue weighted by Gasteiger charge is -2.05. The summed E-state index contributed by atoms with van der Waals surface area (Å²) in [4.78, 5) is 29.2. The number of rotatable bonds is 5. The molecule has 0 spiro atoms. The molecule has 4 nitrogen and oxygen atoms in total. The number of nitrogens with one attached hydrogen (secondary N) is 1. The average molecular weight is 332 g/mol. The van der Waals surface area contributed by atoms with E-state index in [2.05, 4.69) is 11.9 Å². The van der Waals surface area contributed by atoms with Crippen molar-refractivity contribution in [2.24, 2.45) is 0 Å². The molecule has 3 aromatic rings. The number of benzene rings is 1. The number of aromatic nitrogens is 2. The molecule has 6 heteroatoms. The van der Waals surface area contributed by atoms with Gasteiger partial charge in [0.25, 0.3) is 5.56 Å². The maximum atomic E-state index is 13.3. The second-order valence-corrected chi connectivity index (χ2v) is 6.65. The van der Waals surface area contributed by atoms with E-state index in [0.717, 1.165) is 28.7 Å². The summed E-state index contributed by atoms with van der Waals surface area (Å²) >= 11 is 1.45. The molecule has 0 amide bonds. The van der Waals surface area contributed by atoms with Gasteiger partial charge in [0.1, 0.15) is 10.6 Å². The second-order valence-electron chi connectivity index (χ2n) is 5.51. The van der Waals surface area contributed by atoms with Crippen LogP contribution in [0.5, 0.6) is 0 Å². The first kappa shape index (κ1) is 15.7. The van der Waals surface area contributed by atoms with E-state index in [4.69, 9.17) is 0 Å². The van der Waals surface area contributed by atoms with E-state index in [0.29, 0.717) is 15.8 Å². The van der Waals surface area contributed by atoms with Crippen molar-refractivity contribution in [1.29, 1.82) is 0 Å². The Hall–Kier alpha value is -2.21. The van der Waals surface area contributed by atoms with Crippen molar-refractivity contribution in [2.75, 3.05) is 0 Å². The first-order valence-corrected chi connectivity index (χ1v) is 8.40. The Kier molecular flexibility index (Phi) is 4.43. The van der Waals surface area contributed by atoms with Gasteiger partial charge < -0.3 is 0 Å². The monoisotopic (exact) mass is 332 g/mol. The van der Waals surface area contributed by atoms with Crippen molar-refractivity contribution in [3.05, 3.63) is 67.4 Å². The van der Waals surface area contributed by atoms with Crippen molar-refractivity contribution in [3.8, 4) is 0 Å². The van der Waals surface area contributed by atoms with Gasteiger partial charge in [-0.15, -0.1) is 11.3 Å². The number of hydrogen-bond acceptors (Lipinski definition) is 3. The summed E-state index contributed by atoms with van der Waals surface area (Å²) in [5.74, 6) is -0.384. The number of H-pyrrole nitrogens is 1. The van der Waals surface area contributed by atoms with Crippen LogP contribution in [0.25, 0.3) is 10.2 Å². The molecule has 0 saturated carbocycles. The molecule has 0 saturated heterocycles. The minimum Gasteiger partial charge on any atom is -0.298 e. The van der Waals surface area contributed by atoms with Gasteiger partial charge in [-0.2, -0.15) is 0 Å². The summed E-state index contributed by atoms with van der Waals surface area (Å²) in [6.45, 7) is 2.17. The van der Waals surface area contributed by atoms with Crippen LogP contribution in [0.1, 0.15) is 30.2 Å². The minimum absolute atomic E-state index is 0.0575. The zero-order chi connectivity index (χ0) is 16.4. The highest BCUT2D eigenvalue weighted by Gasteiger charge is 2.12. The molecule has 0 unspecified atom stereocenters. The van der Waals surface area contributed by atoms with Crippen LogP contribution in [-0.2, 0) is 13.0 Å². The van der Waals surface area contributed by atoms with Gasteiger partial charge in [-0.3, -0.25) is 14.3 Å². The molecule has 0 aliphatic heterocycles. The van der Waals surface area contributed by atoms with E-state index < -0.39 is 5.69 Å². The molecule has 1 N–H and O–H groups in total. The zero-order valence-electron chi connectivity index (χ0n) is 12.8.